The van der Waals surface area contributed by atoms with Gasteiger partial charge in [0, 0.05) is 19.7 Å². The third-order valence-electron chi connectivity index (χ3n) is 5.11. The van der Waals surface area contributed by atoms with Crippen molar-refractivity contribution in [2.75, 3.05) is 0 Å². The number of hydrogen-bond donors (Lipinski definition) is 0. The molecule has 0 bridgehead atoms. The van der Waals surface area contributed by atoms with Gasteiger partial charge in [0.15, 0.2) is 5.65 Å². The molecule has 0 saturated heterocycles. The molecule has 2 aromatic carbocycles. The Labute approximate surface area is 170 Å². The SMILES string of the molecule is CCn1c(=O)n(-c2ccc(Oc3nc4ccccc4n3C)cc2)c2ncc(F)cc21. The predicted octanol–water partition coefficient (Wildman–Crippen LogP) is 4.03. The molecule has 0 amide bonds. The maximum absolute atomic E-state index is 13.7. The Bertz CT molecular complexity index is 1450. The second-order valence-electron chi connectivity index (χ2n) is 6.90. The van der Waals surface area contributed by atoms with Crippen LogP contribution in [0.3, 0.4) is 0 Å². The van der Waals surface area contributed by atoms with Gasteiger partial charge in [-0.1, -0.05) is 12.1 Å². The average Bonchev–Trinajstić information content (AvgIpc) is 3.21. The Morgan fingerprint density at radius 2 is 1.83 bits per heavy atom. The third-order valence-corrected chi connectivity index (χ3v) is 5.11. The molecule has 0 atom stereocenters. The second-order valence-corrected chi connectivity index (χ2v) is 6.90. The zero-order valence-corrected chi connectivity index (χ0v) is 16.4. The van der Waals surface area contributed by atoms with Gasteiger partial charge in [0.25, 0.3) is 0 Å². The van der Waals surface area contributed by atoms with Gasteiger partial charge in [0.2, 0.25) is 0 Å². The molecule has 0 aliphatic rings. The molecule has 3 heterocycles. The van der Waals surface area contributed by atoms with Crippen LogP contribution >= 0.6 is 0 Å². The van der Waals surface area contributed by atoms with E-state index in [2.05, 4.69) is 9.97 Å². The van der Waals surface area contributed by atoms with Gasteiger partial charge in [-0.25, -0.2) is 18.7 Å². The summed E-state index contributed by atoms with van der Waals surface area (Å²) in [7, 11) is 1.89. The second kappa shape index (κ2) is 6.84. The highest BCUT2D eigenvalue weighted by molar-refractivity contribution is 5.76. The van der Waals surface area contributed by atoms with Crippen LogP contribution < -0.4 is 10.4 Å². The van der Waals surface area contributed by atoms with Crippen molar-refractivity contribution in [1.29, 1.82) is 0 Å². The Morgan fingerprint density at radius 3 is 2.57 bits per heavy atom. The summed E-state index contributed by atoms with van der Waals surface area (Å²) < 4.78 is 24.4. The van der Waals surface area contributed by atoms with E-state index in [1.165, 1.54) is 15.2 Å². The lowest BCUT2D eigenvalue weighted by Gasteiger charge is -2.07. The lowest BCUT2D eigenvalue weighted by Crippen LogP contribution is -2.22. The molecule has 0 saturated carbocycles. The van der Waals surface area contributed by atoms with Gasteiger partial charge in [-0.15, -0.1) is 0 Å². The molecule has 150 valence electrons. The van der Waals surface area contributed by atoms with E-state index in [0.29, 0.717) is 35.2 Å². The summed E-state index contributed by atoms with van der Waals surface area (Å²) in [5.41, 5.74) is 3.04. The Hall–Kier alpha value is -3.94. The van der Waals surface area contributed by atoms with Crippen LogP contribution in [0.2, 0.25) is 0 Å². The van der Waals surface area contributed by atoms with E-state index in [4.69, 9.17) is 4.74 Å². The molecule has 0 N–H and O–H groups in total. The number of aryl methyl sites for hydroxylation is 2. The van der Waals surface area contributed by atoms with E-state index in [9.17, 15) is 9.18 Å². The molecule has 30 heavy (non-hydrogen) atoms. The van der Waals surface area contributed by atoms with Gasteiger partial charge in [0.1, 0.15) is 11.6 Å². The van der Waals surface area contributed by atoms with Crippen molar-refractivity contribution in [3.8, 4) is 17.4 Å². The molecule has 3 aromatic heterocycles. The first kappa shape index (κ1) is 18.1. The largest absolute Gasteiger partial charge is 0.425 e. The number of imidazole rings is 2. The number of rotatable bonds is 4. The van der Waals surface area contributed by atoms with Crippen LogP contribution in [0.25, 0.3) is 27.9 Å². The minimum absolute atomic E-state index is 0.269. The number of halogens is 1. The van der Waals surface area contributed by atoms with Crippen LogP contribution in [0.5, 0.6) is 11.8 Å². The molecule has 5 aromatic rings. The van der Waals surface area contributed by atoms with Gasteiger partial charge < -0.3 is 4.74 Å². The van der Waals surface area contributed by atoms with Gasteiger partial charge in [-0.05, 0) is 43.3 Å². The average molecular weight is 403 g/mol. The number of nitrogens with zero attached hydrogens (tertiary/aromatic N) is 5. The van der Waals surface area contributed by atoms with Crippen LogP contribution in [-0.2, 0) is 13.6 Å². The molecule has 7 nitrogen and oxygen atoms in total. The van der Waals surface area contributed by atoms with Crippen LogP contribution in [0.1, 0.15) is 6.92 Å². The Balaban J connectivity index is 1.53. The maximum Gasteiger partial charge on any atom is 0.334 e. The lowest BCUT2D eigenvalue weighted by molar-refractivity contribution is 0.428. The minimum Gasteiger partial charge on any atom is -0.425 e. The summed E-state index contributed by atoms with van der Waals surface area (Å²) in [6.45, 7) is 2.26. The van der Waals surface area contributed by atoms with E-state index in [1.54, 1.807) is 24.3 Å². The fourth-order valence-electron chi connectivity index (χ4n) is 3.63. The van der Waals surface area contributed by atoms with E-state index in [0.717, 1.165) is 17.2 Å². The highest BCUT2D eigenvalue weighted by Gasteiger charge is 2.16. The van der Waals surface area contributed by atoms with Gasteiger partial charge in [-0.2, -0.15) is 4.98 Å². The summed E-state index contributed by atoms with van der Waals surface area (Å²) in [5, 5.41) is 0. The van der Waals surface area contributed by atoms with E-state index in [-0.39, 0.29) is 5.69 Å². The van der Waals surface area contributed by atoms with Crippen LogP contribution in [0.15, 0.2) is 65.6 Å². The topological polar surface area (TPSA) is 66.9 Å². The zero-order valence-electron chi connectivity index (χ0n) is 16.4. The quantitative estimate of drug-likeness (QED) is 0.455. The van der Waals surface area contributed by atoms with Crippen molar-refractivity contribution in [2.45, 2.75) is 13.5 Å². The van der Waals surface area contributed by atoms with Crippen molar-refractivity contribution < 1.29 is 9.13 Å². The molecule has 0 aliphatic carbocycles. The fourth-order valence-corrected chi connectivity index (χ4v) is 3.63. The number of para-hydroxylation sites is 2. The number of pyridine rings is 1. The van der Waals surface area contributed by atoms with Gasteiger partial charge in [-0.3, -0.25) is 9.13 Å². The fraction of sp³-hybridized carbons (Fsp3) is 0.136. The first-order valence-electron chi connectivity index (χ1n) is 9.53. The summed E-state index contributed by atoms with van der Waals surface area (Å²) in [4.78, 5) is 21.5. The van der Waals surface area contributed by atoms with Crippen molar-refractivity contribution in [3.63, 3.8) is 0 Å². The smallest absolute Gasteiger partial charge is 0.334 e. The van der Waals surface area contributed by atoms with Crippen LogP contribution in [0.4, 0.5) is 4.39 Å². The highest BCUT2D eigenvalue weighted by atomic mass is 19.1. The molecule has 0 radical (unpaired) electrons. The van der Waals surface area contributed by atoms with Crippen molar-refractivity contribution in [3.05, 3.63) is 77.1 Å². The summed E-state index contributed by atoms with van der Waals surface area (Å²) >= 11 is 0. The first-order chi connectivity index (χ1) is 14.6. The lowest BCUT2D eigenvalue weighted by atomic mass is 10.3. The predicted molar refractivity (Wildman–Crippen MR) is 112 cm³/mol. The molecule has 5 rings (SSSR count). The van der Waals surface area contributed by atoms with Gasteiger partial charge in [0.05, 0.1) is 28.4 Å². The Morgan fingerprint density at radius 1 is 1.07 bits per heavy atom. The van der Waals surface area contributed by atoms with Gasteiger partial charge >= 0.3 is 11.7 Å². The Kier molecular flexibility index (Phi) is 4.13. The van der Waals surface area contributed by atoms with Crippen molar-refractivity contribution in [2.24, 2.45) is 7.05 Å². The number of aromatic nitrogens is 5. The molecular weight excluding hydrogens is 385 g/mol. The van der Waals surface area contributed by atoms with Crippen LogP contribution in [-0.4, -0.2) is 23.7 Å². The first-order valence-corrected chi connectivity index (χ1v) is 9.53. The number of hydrogen-bond acceptors (Lipinski definition) is 4. The molecule has 8 heteroatoms. The zero-order chi connectivity index (χ0) is 20.8. The van der Waals surface area contributed by atoms with Crippen LogP contribution in [0, 0.1) is 5.82 Å². The summed E-state index contributed by atoms with van der Waals surface area (Å²) in [6.07, 6.45) is 1.11. The standard InChI is InChI=1S/C22H18FN5O2/c1-3-27-19-12-14(23)13-24-20(19)28(22(27)29)15-8-10-16(11-9-15)30-21-25-17-6-4-5-7-18(17)26(21)2/h4-13H,3H2,1-2H3. The molecule has 0 spiro atoms. The number of fused-ring (bicyclic) bond motifs is 2. The van der Waals surface area contributed by atoms with Crippen molar-refractivity contribution in [1.82, 2.24) is 23.7 Å². The number of benzene rings is 2. The highest BCUT2D eigenvalue weighted by Crippen LogP contribution is 2.26. The van der Waals surface area contributed by atoms with E-state index >= 15 is 0 Å². The summed E-state index contributed by atoms with van der Waals surface area (Å²) in [6, 6.07) is 16.6. The third kappa shape index (κ3) is 2.76. The molecule has 0 fully saturated rings. The van der Waals surface area contributed by atoms with E-state index in [1.807, 2.05) is 42.8 Å². The molecule has 0 aliphatic heterocycles. The number of ether oxygens (including phenoxy) is 1. The van der Waals surface area contributed by atoms with Crippen molar-refractivity contribution >= 4 is 22.2 Å². The summed E-state index contributed by atoms with van der Waals surface area (Å²) in [5.74, 6) is 0.108. The minimum atomic E-state index is -0.479. The van der Waals surface area contributed by atoms with E-state index < -0.39 is 5.82 Å². The molecular formula is C22H18FN5O2. The maximum atomic E-state index is 13.7. The normalized spacial score (nSPS) is 11.4. The molecule has 0 unspecified atom stereocenters. The monoisotopic (exact) mass is 403 g/mol.